The fraction of sp³-hybridized carbons (Fsp3) is 0.304. The predicted molar refractivity (Wildman–Crippen MR) is 115 cm³/mol. The average molecular weight is 431 g/mol. The number of hydrogen-bond acceptors (Lipinski definition) is 4. The number of ketones is 1. The predicted octanol–water partition coefficient (Wildman–Crippen LogP) is 4.24. The van der Waals surface area contributed by atoms with Crippen LogP contribution in [0, 0.1) is 5.82 Å². The molecular formula is C23H24ClFN2O3. The second-order valence-electron chi connectivity index (χ2n) is 7.05. The molecule has 3 rings (SSSR count). The highest BCUT2D eigenvalue weighted by Gasteiger charge is 2.46. The molecule has 158 valence electrons. The molecule has 7 heteroatoms. The Kier molecular flexibility index (Phi) is 6.90. The zero-order chi connectivity index (χ0) is 21.8. The number of halogens is 2. The molecule has 0 saturated carbocycles. The summed E-state index contributed by atoms with van der Waals surface area (Å²) in [7, 11) is 0. The van der Waals surface area contributed by atoms with Gasteiger partial charge < -0.3 is 14.9 Å². The lowest BCUT2D eigenvalue weighted by molar-refractivity contribution is -0.140. The number of likely N-dealkylation sites (N-methyl/N-ethyl adjacent to an activating group) is 1. The van der Waals surface area contributed by atoms with Gasteiger partial charge in [0.1, 0.15) is 11.6 Å². The topological polar surface area (TPSA) is 60.9 Å². The number of carbonyl (C=O) groups excluding carboxylic acids is 2. The monoisotopic (exact) mass is 430 g/mol. The van der Waals surface area contributed by atoms with E-state index in [0.29, 0.717) is 17.1 Å². The Morgan fingerprint density at radius 1 is 1.13 bits per heavy atom. The minimum atomic E-state index is -1.01. The van der Waals surface area contributed by atoms with E-state index in [2.05, 4.69) is 4.90 Å². The maximum absolute atomic E-state index is 14.7. The van der Waals surface area contributed by atoms with E-state index in [1.165, 1.54) is 29.2 Å². The van der Waals surface area contributed by atoms with Crippen LogP contribution >= 0.6 is 11.6 Å². The number of aliphatic hydroxyl groups is 1. The molecule has 5 nitrogen and oxygen atoms in total. The van der Waals surface area contributed by atoms with Crippen LogP contribution in [0.15, 0.2) is 54.1 Å². The molecule has 2 aromatic carbocycles. The van der Waals surface area contributed by atoms with Gasteiger partial charge in [-0.25, -0.2) is 4.39 Å². The van der Waals surface area contributed by atoms with E-state index < -0.39 is 23.5 Å². The number of rotatable bonds is 7. The minimum Gasteiger partial charge on any atom is -0.507 e. The van der Waals surface area contributed by atoms with Crippen LogP contribution in [0.25, 0.3) is 5.76 Å². The van der Waals surface area contributed by atoms with Crippen molar-refractivity contribution in [1.82, 2.24) is 9.80 Å². The van der Waals surface area contributed by atoms with Crippen LogP contribution in [0.2, 0.25) is 5.02 Å². The molecule has 1 N–H and O–H groups in total. The lowest BCUT2D eigenvalue weighted by Gasteiger charge is -2.28. The van der Waals surface area contributed by atoms with Crippen LogP contribution < -0.4 is 0 Å². The molecule has 0 aliphatic carbocycles. The van der Waals surface area contributed by atoms with Crippen LogP contribution in [0.4, 0.5) is 4.39 Å². The van der Waals surface area contributed by atoms with E-state index in [9.17, 15) is 19.1 Å². The van der Waals surface area contributed by atoms with E-state index in [-0.39, 0.29) is 23.4 Å². The minimum absolute atomic E-state index is 0.132. The quantitative estimate of drug-likeness (QED) is 0.405. The van der Waals surface area contributed by atoms with Gasteiger partial charge >= 0.3 is 0 Å². The van der Waals surface area contributed by atoms with Gasteiger partial charge in [-0.1, -0.05) is 55.8 Å². The Labute approximate surface area is 180 Å². The molecule has 0 radical (unpaired) electrons. The molecule has 30 heavy (non-hydrogen) atoms. The highest BCUT2D eigenvalue weighted by atomic mass is 35.5. The number of Topliss-reactive ketones (excluding diaryl/α,β-unsaturated/α-hetero) is 1. The zero-order valence-corrected chi connectivity index (χ0v) is 17.7. The third-order valence-corrected chi connectivity index (χ3v) is 5.62. The Bertz CT molecular complexity index is 988. The second-order valence-corrected chi connectivity index (χ2v) is 7.49. The number of aliphatic hydroxyl groups excluding tert-OH is 1. The van der Waals surface area contributed by atoms with Crippen LogP contribution in [0.3, 0.4) is 0 Å². The molecule has 1 heterocycles. The summed E-state index contributed by atoms with van der Waals surface area (Å²) in [6, 6.07) is 11.3. The largest absolute Gasteiger partial charge is 0.507 e. The molecule has 0 aromatic heterocycles. The first kappa shape index (κ1) is 22.0. The van der Waals surface area contributed by atoms with E-state index in [1.807, 2.05) is 13.8 Å². The van der Waals surface area contributed by atoms with Gasteiger partial charge in [0.05, 0.1) is 11.6 Å². The molecule has 0 spiro atoms. The molecule has 1 aliphatic rings. The summed E-state index contributed by atoms with van der Waals surface area (Å²) in [5.41, 5.74) is 0.331. The van der Waals surface area contributed by atoms with Crippen LogP contribution in [0.5, 0.6) is 0 Å². The van der Waals surface area contributed by atoms with Crippen molar-refractivity contribution in [2.75, 3.05) is 26.2 Å². The van der Waals surface area contributed by atoms with Gasteiger partial charge in [0.2, 0.25) is 0 Å². The lowest BCUT2D eigenvalue weighted by Crippen LogP contribution is -2.38. The molecule has 1 aliphatic heterocycles. The normalized spacial score (nSPS) is 18.4. The number of carbonyl (C=O) groups is 2. The third-order valence-electron chi connectivity index (χ3n) is 5.39. The zero-order valence-electron chi connectivity index (χ0n) is 16.9. The van der Waals surface area contributed by atoms with Gasteiger partial charge in [-0.05, 0) is 31.3 Å². The van der Waals surface area contributed by atoms with E-state index >= 15 is 0 Å². The summed E-state index contributed by atoms with van der Waals surface area (Å²) in [6.07, 6.45) is 0. The van der Waals surface area contributed by atoms with Gasteiger partial charge in [-0.2, -0.15) is 0 Å². The molecule has 2 aromatic rings. The summed E-state index contributed by atoms with van der Waals surface area (Å²) < 4.78 is 14.7. The molecule has 1 saturated heterocycles. The van der Waals surface area contributed by atoms with Crippen molar-refractivity contribution in [3.05, 3.63) is 76.1 Å². The maximum Gasteiger partial charge on any atom is 0.295 e. The SMILES string of the molecule is CCN(CC)CCN1C(=O)C(=O)/C(=C(\O)c2cccc(Cl)c2)C1c1ccccc1F. The first-order chi connectivity index (χ1) is 14.4. The van der Waals surface area contributed by atoms with Crippen molar-refractivity contribution >= 4 is 29.1 Å². The Morgan fingerprint density at radius 3 is 2.47 bits per heavy atom. The Hall–Kier alpha value is -2.70. The molecule has 0 bridgehead atoms. The van der Waals surface area contributed by atoms with Gasteiger partial charge in [0.15, 0.2) is 0 Å². The van der Waals surface area contributed by atoms with Gasteiger partial charge in [-0.3, -0.25) is 9.59 Å². The lowest BCUT2D eigenvalue weighted by atomic mass is 9.95. The summed E-state index contributed by atoms with van der Waals surface area (Å²) in [5.74, 6) is -2.50. The Morgan fingerprint density at radius 2 is 1.83 bits per heavy atom. The first-order valence-electron chi connectivity index (χ1n) is 9.90. The van der Waals surface area contributed by atoms with Crippen molar-refractivity contribution in [3.8, 4) is 0 Å². The maximum atomic E-state index is 14.7. The fourth-order valence-corrected chi connectivity index (χ4v) is 3.90. The van der Waals surface area contributed by atoms with Gasteiger partial charge in [0.25, 0.3) is 11.7 Å². The number of amides is 1. The van der Waals surface area contributed by atoms with Gasteiger partial charge in [-0.15, -0.1) is 0 Å². The third kappa shape index (κ3) is 4.25. The van der Waals surface area contributed by atoms with Crippen molar-refractivity contribution in [3.63, 3.8) is 0 Å². The summed E-state index contributed by atoms with van der Waals surface area (Å²) >= 11 is 6.02. The van der Waals surface area contributed by atoms with Crippen LogP contribution in [0.1, 0.15) is 31.0 Å². The smallest absolute Gasteiger partial charge is 0.295 e. The highest BCUT2D eigenvalue weighted by molar-refractivity contribution is 6.46. The molecule has 1 fully saturated rings. The van der Waals surface area contributed by atoms with Crippen LogP contribution in [-0.4, -0.2) is 52.8 Å². The van der Waals surface area contributed by atoms with E-state index in [4.69, 9.17) is 11.6 Å². The molecule has 1 atom stereocenters. The standard InChI is InChI=1S/C23H24ClFN2O3/c1-3-26(4-2)12-13-27-20(17-10-5-6-11-18(17)25)19(22(29)23(27)30)21(28)15-8-7-9-16(24)14-15/h5-11,14,20,28H,3-4,12-13H2,1-2H3/b21-19-. The fourth-order valence-electron chi connectivity index (χ4n) is 3.71. The molecule has 1 unspecified atom stereocenters. The number of likely N-dealkylation sites (tertiary alicyclic amines) is 1. The first-order valence-corrected chi connectivity index (χ1v) is 10.3. The molecule has 1 amide bonds. The second kappa shape index (κ2) is 9.41. The molecular weight excluding hydrogens is 407 g/mol. The van der Waals surface area contributed by atoms with Crippen molar-refractivity contribution in [2.45, 2.75) is 19.9 Å². The van der Waals surface area contributed by atoms with Crippen molar-refractivity contribution in [2.24, 2.45) is 0 Å². The highest BCUT2D eigenvalue weighted by Crippen LogP contribution is 2.40. The number of benzene rings is 2. The summed E-state index contributed by atoms with van der Waals surface area (Å²) in [5, 5.41) is 11.3. The summed E-state index contributed by atoms with van der Waals surface area (Å²) in [6.45, 7) is 6.34. The Balaban J connectivity index is 2.13. The number of nitrogens with zero attached hydrogens (tertiary/aromatic N) is 2. The summed E-state index contributed by atoms with van der Waals surface area (Å²) in [4.78, 5) is 29.2. The number of hydrogen-bond donors (Lipinski definition) is 1. The van der Waals surface area contributed by atoms with Crippen molar-refractivity contribution in [1.29, 1.82) is 0 Å². The van der Waals surface area contributed by atoms with E-state index in [1.54, 1.807) is 24.3 Å². The average Bonchev–Trinajstić information content (AvgIpc) is 2.99. The van der Waals surface area contributed by atoms with Crippen molar-refractivity contribution < 1.29 is 19.1 Å². The van der Waals surface area contributed by atoms with Crippen LogP contribution in [-0.2, 0) is 9.59 Å². The van der Waals surface area contributed by atoms with Gasteiger partial charge in [0, 0.05) is 29.2 Å². The van der Waals surface area contributed by atoms with E-state index in [0.717, 1.165) is 13.1 Å².